The minimum Gasteiger partial charge on any atom is -0.284 e. The first-order valence-electron chi connectivity index (χ1n) is 5.82. The Bertz CT molecular complexity index is 637. The molecule has 0 heterocycles. The third-order valence-corrected chi connectivity index (χ3v) is 3.82. The molecule has 0 saturated heterocycles. The Morgan fingerprint density at radius 2 is 1.84 bits per heavy atom. The lowest BCUT2D eigenvalue weighted by Gasteiger charge is -2.09. The van der Waals surface area contributed by atoms with Gasteiger partial charge in [-0.1, -0.05) is 13.8 Å². The van der Waals surface area contributed by atoms with E-state index in [-0.39, 0.29) is 16.9 Å². The fourth-order valence-corrected chi connectivity index (χ4v) is 2.79. The maximum absolute atomic E-state index is 11.8. The highest BCUT2D eigenvalue weighted by molar-refractivity contribution is 7.92. The van der Waals surface area contributed by atoms with E-state index in [1.807, 2.05) is 26.0 Å². The highest BCUT2D eigenvalue weighted by Gasteiger charge is 2.12. The molecule has 0 amide bonds. The van der Waals surface area contributed by atoms with E-state index in [4.69, 9.17) is 10.5 Å². The van der Waals surface area contributed by atoms with Crippen molar-refractivity contribution in [1.82, 2.24) is 0 Å². The number of anilines is 1. The Labute approximate surface area is 113 Å². The second kappa shape index (κ2) is 6.21. The van der Waals surface area contributed by atoms with Crippen LogP contribution in [0.2, 0.25) is 0 Å². The zero-order valence-electron chi connectivity index (χ0n) is 10.8. The van der Waals surface area contributed by atoms with Crippen molar-refractivity contribution in [2.45, 2.75) is 20.3 Å². The van der Waals surface area contributed by atoms with Gasteiger partial charge in [-0.3, -0.25) is 4.72 Å². The van der Waals surface area contributed by atoms with Gasteiger partial charge in [-0.25, -0.2) is 8.42 Å². The summed E-state index contributed by atoms with van der Waals surface area (Å²) in [5.74, 6) is 0.333. The van der Waals surface area contributed by atoms with E-state index in [9.17, 15) is 8.42 Å². The van der Waals surface area contributed by atoms with Crippen LogP contribution < -0.4 is 4.72 Å². The molecule has 0 atom stereocenters. The minimum atomic E-state index is -3.42. The molecule has 100 valence electrons. The van der Waals surface area contributed by atoms with E-state index in [1.54, 1.807) is 0 Å². The van der Waals surface area contributed by atoms with Crippen molar-refractivity contribution < 1.29 is 8.42 Å². The molecule has 0 radical (unpaired) electrons. The maximum Gasteiger partial charge on any atom is 0.232 e. The minimum absolute atomic E-state index is 0.0343. The average Bonchev–Trinajstić information content (AvgIpc) is 2.36. The van der Waals surface area contributed by atoms with Crippen LogP contribution in [0.15, 0.2) is 18.2 Å². The zero-order valence-corrected chi connectivity index (χ0v) is 11.7. The van der Waals surface area contributed by atoms with Crippen LogP contribution >= 0.6 is 0 Å². The monoisotopic (exact) mass is 277 g/mol. The van der Waals surface area contributed by atoms with E-state index >= 15 is 0 Å². The van der Waals surface area contributed by atoms with E-state index < -0.39 is 10.0 Å². The third kappa shape index (κ3) is 4.61. The van der Waals surface area contributed by atoms with E-state index in [0.717, 1.165) is 0 Å². The molecular formula is C13H15N3O2S. The van der Waals surface area contributed by atoms with Crippen LogP contribution in [-0.2, 0) is 10.0 Å². The molecule has 0 bridgehead atoms. The van der Waals surface area contributed by atoms with Crippen molar-refractivity contribution >= 4 is 15.7 Å². The molecule has 0 aliphatic carbocycles. The number of hydrogen-bond acceptors (Lipinski definition) is 4. The van der Waals surface area contributed by atoms with Crippen molar-refractivity contribution in [2.75, 3.05) is 10.5 Å². The summed E-state index contributed by atoms with van der Waals surface area (Å²) in [5.41, 5.74) is 0.693. The summed E-state index contributed by atoms with van der Waals surface area (Å²) >= 11 is 0. The number of nitrogens with zero attached hydrogens (tertiary/aromatic N) is 2. The third-order valence-electron chi connectivity index (χ3n) is 2.50. The van der Waals surface area contributed by atoms with Crippen molar-refractivity contribution in [3.8, 4) is 12.1 Å². The van der Waals surface area contributed by atoms with E-state index in [2.05, 4.69) is 4.72 Å². The summed E-state index contributed by atoms with van der Waals surface area (Å²) in [6.07, 6.45) is 0.566. The van der Waals surface area contributed by atoms with Gasteiger partial charge in [0.1, 0.15) is 12.1 Å². The lowest BCUT2D eigenvalue weighted by Crippen LogP contribution is -2.18. The van der Waals surface area contributed by atoms with Crippen LogP contribution in [0.5, 0.6) is 0 Å². The van der Waals surface area contributed by atoms with E-state index in [1.165, 1.54) is 18.2 Å². The van der Waals surface area contributed by atoms with Gasteiger partial charge in [0.05, 0.1) is 16.9 Å². The normalized spacial score (nSPS) is 10.8. The van der Waals surface area contributed by atoms with Crippen molar-refractivity contribution in [1.29, 1.82) is 10.5 Å². The fourth-order valence-electron chi connectivity index (χ4n) is 1.42. The quantitative estimate of drug-likeness (QED) is 0.892. The number of benzene rings is 1. The van der Waals surface area contributed by atoms with Gasteiger partial charge in [0.15, 0.2) is 0 Å². The summed E-state index contributed by atoms with van der Waals surface area (Å²) < 4.78 is 26.0. The average molecular weight is 277 g/mol. The summed E-state index contributed by atoms with van der Waals surface area (Å²) in [6.45, 7) is 3.90. The first-order valence-corrected chi connectivity index (χ1v) is 7.48. The molecule has 1 aromatic rings. The first kappa shape index (κ1) is 15.0. The van der Waals surface area contributed by atoms with Gasteiger partial charge < -0.3 is 0 Å². The Hall–Kier alpha value is -2.05. The predicted molar refractivity (Wildman–Crippen MR) is 72.7 cm³/mol. The molecule has 1 N–H and O–H groups in total. The van der Waals surface area contributed by atoms with Gasteiger partial charge in [0.2, 0.25) is 10.0 Å². The Balaban J connectivity index is 2.90. The van der Waals surface area contributed by atoms with Crippen LogP contribution in [0.4, 0.5) is 5.69 Å². The lowest BCUT2D eigenvalue weighted by atomic mass is 10.1. The number of nitrogens with one attached hydrogen (secondary N) is 1. The molecule has 5 nitrogen and oxygen atoms in total. The molecule has 0 unspecified atom stereocenters. The number of sulfonamides is 1. The Kier molecular flexibility index (Phi) is 4.91. The van der Waals surface area contributed by atoms with E-state index in [0.29, 0.717) is 18.0 Å². The molecule has 0 aliphatic rings. The van der Waals surface area contributed by atoms with Crippen molar-refractivity contribution in [2.24, 2.45) is 5.92 Å². The molecular weight excluding hydrogens is 262 g/mol. The summed E-state index contributed by atoms with van der Waals surface area (Å²) in [6, 6.07) is 8.02. The van der Waals surface area contributed by atoms with Crippen LogP contribution in [0, 0.1) is 28.6 Å². The highest BCUT2D eigenvalue weighted by Crippen LogP contribution is 2.16. The summed E-state index contributed by atoms with van der Waals surface area (Å²) in [5, 5.41) is 17.6. The number of rotatable bonds is 5. The number of hydrogen-bond donors (Lipinski definition) is 1. The maximum atomic E-state index is 11.8. The van der Waals surface area contributed by atoms with Crippen LogP contribution in [0.25, 0.3) is 0 Å². The van der Waals surface area contributed by atoms with Crippen molar-refractivity contribution in [3.05, 3.63) is 29.3 Å². The second-order valence-corrected chi connectivity index (χ2v) is 6.43. The Morgan fingerprint density at radius 1 is 1.21 bits per heavy atom. The topological polar surface area (TPSA) is 93.8 Å². The van der Waals surface area contributed by atoms with Crippen LogP contribution in [-0.4, -0.2) is 14.2 Å². The van der Waals surface area contributed by atoms with Gasteiger partial charge >= 0.3 is 0 Å². The molecule has 19 heavy (non-hydrogen) atoms. The van der Waals surface area contributed by atoms with Gasteiger partial charge in [-0.05, 0) is 30.5 Å². The number of nitriles is 2. The molecule has 0 saturated carbocycles. The summed E-state index contributed by atoms with van der Waals surface area (Å²) in [4.78, 5) is 0. The van der Waals surface area contributed by atoms with Crippen LogP contribution in [0.1, 0.15) is 31.4 Å². The van der Waals surface area contributed by atoms with Gasteiger partial charge in [0.25, 0.3) is 0 Å². The van der Waals surface area contributed by atoms with Gasteiger partial charge in [-0.15, -0.1) is 0 Å². The molecule has 0 spiro atoms. The SMILES string of the molecule is CC(C)CCS(=O)(=O)Nc1ccc(C#N)c(C#N)c1. The lowest BCUT2D eigenvalue weighted by molar-refractivity contribution is 0.578. The standard InChI is InChI=1S/C13H15N3O2S/c1-10(2)5-6-19(17,18)16-13-4-3-11(8-14)12(7-13)9-15/h3-4,7,10,16H,5-6H2,1-2H3. The van der Waals surface area contributed by atoms with Crippen LogP contribution in [0.3, 0.4) is 0 Å². The zero-order chi connectivity index (χ0) is 14.5. The van der Waals surface area contributed by atoms with Gasteiger partial charge in [-0.2, -0.15) is 10.5 Å². The molecule has 1 rings (SSSR count). The van der Waals surface area contributed by atoms with Gasteiger partial charge in [0, 0.05) is 5.69 Å². The molecule has 6 heteroatoms. The molecule has 0 fully saturated rings. The Morgan fingerprint density at radius 3 is 2.37 bits per heavy atom. The second-order valence-electron chi connectivity index (χ2n) is 4.59. The predicted octanol–water partition coefficient (Wildman–Crippen LogP) is 2.22. The largest absolute Gasteiger partial charge is 0.284 e. The highest BCUT2D eigenvalue weighted by atomic mass is 32.2. The smallest absolute Gasteiger partial charge is 0.232 e. The molecule has 1 aromatic carbocycles. The molecule has 0 aliphatic heterocycles. The fraction of sp³-hybridized carbons (Fsp3) is 0.385. The van der Waals surface area contributed by atoms with Crippen molar-refractivity contribution in [3.63, 3.8) is 0 Å². The first-order chi connectivity index (χ1) is 8.88. The summed E-state index contributed by atoms with van der Waals surface area (Å²) in [7, 11) is -3.42. The molecule has 0 aromatic heterocycles.